The minimum Gasteiger partial charge on any atom is -0.388 e. The highest BCUT2D eigenvalue weighted by Gasteiger charge is 2.25. The number of hydrogen-bond acceptors (Lipinski definition) is 7. The zero-order valence-corrected chi connectivity index (χ0v) is 12.7. The molecule has 0 bridgehead atoms. The smallest absolute Gasteiger partial charge is 0.304 e. The molecule has 1 rings (SSSR count). The van der Waals surface area contributed by atoms with Gasteiger partial charge in [0.25, 0.3) is 0 Å². The lowest BCUT2D eigenvalue weighted by Crippen LogP contribution is -2.30. The maximum Gasteiger partial charge on any atom is 0.304 e. The maximum atomic E-state index is 11.2. The first-order valence-electron chi connectivity index (χ1n) is 6.20. The van der Waals surface area contributed by atoms with Crippen molar-refractivity contribution in [1.29, 1.82) is 0 Å². The monoisotopic (exact) mass is 304 g/mol. The summed E-state index contributed by atoms with van der Waals surface area (Å²) in [6, 6.07) is 1.43. The summed E-state index contributed by atoms with van der Waals surface area (Å²) in [6.07, 6.45) is -0.723. The van der Waals surface area contributed by atoms with Crippen molar-refractivity contribution >= 4 is 22.0 Å². The van der Waals surface area contributed by atoms with Gasteiger partial charge in [-0.3, -0.25) is 10.1 Å². The first-order chi connectivity index (χ1) is 9.51. The predicted octanol–water partition coefficient (Wildman–Crippen LogP) is 1.81. The van der Waals surface area contributed by atoms with E-state index in [1.54, 1.807) is 21.1 Å². The van der Waals surface area contributed by atoms with Gasteiger partial charge < -0.3 is 19.5 Å². The molecule has 0 unspecified atom stereocenters. The van der Waals surface area contributed by atoms with Gasteiger partial charge in [0, 0.05) is 38.3 Å². The van der Waals surface area contributed by atoms with Crippen molar-refractivity contribution in [2.75, 3.05) is 45.4 Å². The molecule has 1 atom stereocenters. The van der Waals surface area contributed by atoms with Crippen LogP contribution in [0.1, 0.15) is 17.9 Å². The van der Waals surface area contributed by atoms with Gasteiger partial charge in [-0.1, -0.05) is 0 Å². The Bertz CT molecular complexity index is 427. The molecular weight excluding hydrogens is 284 g/mol. The molecule has 0 fully saturated rings. The molecule has 0 radical (unpaired) electrons. The average molecular weight is 304 g/mol. The van der Waals surface area contributed by atoms with Crippen LogP contribution in [0.4, 0.5) is 10.7 Å². The number of hydrogen-bond donors (Lipinski definition) is 1. The van der Waals surface area contributed by atoms with Crippen molar-refractivity contribution < 1.29 is 19.5 Å². The fourth-order valence-electron chi connectivity index (χ4n) is 1.67. The molecule has 0 saturated carbocycles. The molecule has 0 aliphatic carbocycles. The third kappa shape index (κ3) is 4.41. The summed E-state index contributed by atoms with van der Waals surface area (Å²) < 4.78 is 10.1. The van der Waals surface area contributed by atoms with Crippen molar-refractivity contribution in [2.45, 2.75) is 13.0 Å². The first kappa shape index (κ1) is 16.8. The van der Waals surface area contributed by atoms with E-state index in [0.29, 0.717) is 36.2 Å². The summed E-state index contributed by atoms with van der Waals surface area (Å²) in [5.74, 6) is 0. The van der Waals surface area contributed by atoms with Crippen LogP contribution in [-0.2, 0) is 9.47 Å². The maximum absolute atomic E-state index is 11.2. The van der Waals surface area contributed by atoms with Crippen LogP contribution in [0.15, 0.2) is 6.07 Å². The van der Waals surface area contributed by atoms with Crippen LogP contribution in [0.5, 0.6) is 0 Å². The van der Waals surface area contributed by atoms with Gasteiger partial charge in [0.2, 0.25) is 0 Å². The molecule has 1 heterocycles. The Labute approximate surface area is 121 Å². The molecule has 7 nitrogen and oxygen atoms in total. The molecule has 20 heavy (non-hydrogen) atoms. The van der Waals surface area contributed by atoms with Gasteiger partial charge in [0.15, 0.2) is 5.00 Å². The van der Waals surface area contributed by atoms with E-state index >= 15 is 0 Å². The predicted molar refractivity (Wildman–Crippen MR) is 77.6 cm³/mol. The van der Waals surface area contributed by atoms with E-state index in [-0.39, 0.29) is 5.69 Å². The number of rotatable bonds is 9. The summed E-state index contributed by atoms with van der Waals surface area (Å²) in [7, 11) is 3.16. The molecule has 0 aliphatic rings. The van der Waals surface area contributed by atoms with Gasteiger partial charge in [-0.05, 0) is 6.92 Å². The number of nitrogens with zero attached hydrogens (tertiary/aromatic N) is 2. The van der Waals surface area contributed by atoms with Crippen LogP contribution in [0.2, 0.25) is 0 Å². The highest BCUT2D eigenvalue weighted by atomic mass is 32.1. The number of ether oxygens (including phenoxy) is 2. The standard InChI is InChI=1S/C12H20N2O5S/c1-9(15)11-8-10(14(16)17)12(20-11)13(4-6-18-2)5-7-19-3/h8-9,15H,4-7H2,1-3H3/t9-/m1/s1. The summed E-state index contributed by atoms with van der Waals surface area (Å²) in [5.41, 5.74) is 0.0121. The molecule has 114 valence electrons. The van der Waals surface area contributed by atoms with E-state index in [1.165, 1.54) is 17.4 Å². The van der Waals surface area contributed by atoms with Gasteiger partial charge in [-0.2, -0.15) is 0 Å². The second kappa shape index (κ2) is 8.15. The molecule has 0 aromatic carbocycles. The highest BCUT2D eigenvalue weighted by Crippen LogP contribution is 2.39. The lowest BCUT2D eigenvalue weighted by Gasteiger charge is -2.21. The van der Waals surface area contributed by atoms with Crippen LogP contribution in [0, 0.1) is 10.1 Å². The molecule has 8 heteroatoms. The number of nitro groups is 1. The van der Waals surface area contributed by atoms with Crippen LogP contribution >= 0.6 is 11.3 Å². The number of aliphatic hydroxyl groups excluding tert-OH is 1. The largest absolute Gasteiger partial charge is 0.388 e. The van der Waals surface area contributed by atoms with Crippen molar-refractivity contribution in [2.24, 2.45) is 0 Å². The molecule has 0 aliphatic heterocycles. The van der Waals surface area contributed by atoms with Crippen LogP contribution < -0.4 is 4.90 Å². The topological polar surface area (TPSA) is 85.1 Å². The third-order valence-electron chi connectivity index (χ3n) is 2.74. The van der Waals surface area contributed by atoms with Gasteiger partial charge in [-0.25, -0.2) is 0 Å². The minimum absolute atomic E-state index is 0.0121. The van der Waals surface area contributed by atoms with Crippen molar-refractivity contribution in [3.63, 3.8) is 0 Å². The lowest BCUT2D eigenvalue weighted by molar-refractivity contribution is -0.383. The summed E-state index contributed by atoms with van der Waals surface area (Å²) in [6.45, 7) is 3.57. The molecule has 1 aromatic heterocycles. The molecule has 0 spiro atoms. The number of methoxy groups -OCH3 is 2. The Morgan fingerprint density at radius 3 is 2.35 bits per heavy atom. The van der Waals surface area contributed by atoms with E-state index in [1.807, 2.05) is 4.90 Å². The van der Waals surface area contributed by atoms with E-state index in [4.69, 9.17) is 9.47 Å². The lowest BCUT2D eigenvalue weighted by atomic mass is 10.3. The van der Waals surface area contributed by atoms with Crippen LogP contribution in [0.25, 0.3) is 0 Å². The molecule has 0 amide bonds. The molecule has 1 aromatic rings. The quantitative estimate of drug-likeness (QED) is 0.553. The van der Waals surface area contributed by atoms with E-state index in [2.05, 4.69) is 0 Å². The molecular formula is C12H20N2O5S. The third-order valence-corrected chi connectivity index (χ3v) is 4.09. The second-order valence-corrected chi connectivity index (χ2v) is 5.31. The SMILES string of the molecule is COCCN(CCOC)c1sc([C@@H](C)O)cc1[N+](=O)[O-]. The summed E-state index contributed by atoms with van der Waals surface area (Å²) >= 11 is 1.23. The van der Waals surface area contributed by atoms with Crippen molar-refractivity contribution in [3.05, 3.63) is 21.1 Å². The molecule has 0 saturated heterocycles. The Balaban J connectivity index is 3.05. The number of anilines is 1. The fraction of sp³-hybridized carbons (Fsp3) is 0.667. The molecule has 1 N–H and O–H groups in total. The van der Waals surface area contributed by atoms with Crippen molar-refractivity contribution in [3.8, 4) is 0 Å². The van der Waals surface area contributed by atoms with Crippen molar-refractivity contribution in [1.82, 2.24) is 0 Å². The first-order valence-corrected chi connectivity index (χ1v) is 7.01. The Morgan fingerprint density at radius 2 is 1.95 bits per heavy atom. The van der Waals surface area contributed by atoms with E-state index in [0.717, 1.165) is 0 Å². The Kier molecular flexibility index (Phi) is 6.86. The van der Waals surface area contributed by atoms with Crippen LogP contribution in [-0.4, -0.2) is 50.6 Å². The van der Waals surface area contributed by atoms with E-state index in [9.17, 15) is 15.2 Å². The second-order valence-electron chi connectivity index (χ2n) is 4.24. The zero-order chi connectivity index (χ0) is 15.1. The average Bonchev–Trinajstić information content (AvgIpc) is 2.84. The Morgan fingerprint density at radius 1 is 1.40 bits per heavy atom. The minimum atomic E-state index is -0.723. The van der Waals surface area contributed by atoms with Gasteiger partial charge in [0.05, 0.1) is 24.2 Å². The van der Waals surface area contributed by atoms with Crippen LogP contribution in [0.3, 0.4) is 0 Å². The van der Waals surface area contributed by atoms with Gasteiger partial charge in [-0.15, -0.1) is 11.3 Å². The zero-order valence-electron chi connectivity index (χ0n) is 11.9. The fourth-order valence-corrected chi connectivity index (χ4v) is 2.79. The number of aliphatic hydroxyl groups is 1. The summed E-state index contributed by atoms with van der Waals surface area (Å²) in [5, 5.41) is 21.3. The Hall–Kier alpha value is -1.22. The van der Waals surface area contributed by atoms with Gasteiger partial charge in [0.1, 0.15) is 0 Å². The summed E-state index contributed by atoms with van der Waals surface area (Å²) in [4.78, 5) is 13.1. The normalized spacial score (nSPS) is 12.4. The highest BCUT2D eigenvalue weighted by molar-refractivity contribution is 7.16. The van der Waals surface area contributed by atoms with E-state index < -0.39 is 11.0 Å². The number of thiophene rings is 1. The van der Waals surface area contributed by atoms with Gasteiger partial charge >= 0.3 is 5.69 Å².